The first-order valence-corrected chi connectivity index (χ1v) is 7.64. The van der Waals surface area contributed by atoms with Crippen LogP contribution in [0.5, 0.6) is 0 Å². The highest BCUT2D eigenvalue weighted by Crippen LogP contribution is 2.53. The molecular formula is C16H17IN2. The molecule has 3 N–H and O–H groups in total. The largest absolute Gasteiger partial charge is 0.271 e. The Hall–Kier alpha value is -0.910. The summed E-state index contributed by atoms with van der Waals surface area (Å²) in [4.78, 5) is 0. The summed E-state index contributed by atoms with van der Waals surface area (Å²) in [6.45, 7) is 0. The van der Waals surface area contributed by atoms with Crippen LogP contribution >= 0.6 is 22.6 Å². The standard InChI is InChI=1S/C16H17IN2/c17-13-8-6-12(7-9-13)16(19-18)15-10-14(15)11-4-2-1-3-5-11/h1-9,14-16,19H,10,18H2. The van der Waals surface area contributed by atoms with Crippen molar-refractivity contribution in [2.45, 2.75) is 18.4 Å². The zero-order valence-corrected chi connectivity index (χ0v) is 12.7. The van der Waals surface area contributed by atoms with Gasteiger partial charge in [0.1, 0.15) is 0 Å². The Morgan fingerprint density at radius 2 is 1.74 bits per heavy atom. The van der Waals surface area contributed by atoms with Gasteiger partial charge in [-0.3, -0.25) is 11.3 Å². The molecule has 3 rings (SSSR count). The van der Waals surface area contributed by atoms with Gasteiger partial charge in [-0.2, -0.15) is 0 Å². The molecule has 0 aliphatic heterocycles. The van der Waals surface area contributed by atoms with E-state index in [1.807, 2.05) is 0 Å². The first-order chi connectivity index (χ1) is 9.29. The number of nitrogens with one attached hydrogen (secondary N) is 1. The van der Waals surface area contributed by atoms with Crippen molar-refractivity contribution in [2.75, 3.05) is 0 Å². The van der Waals surface area contributed by atoms with Crippen LogP contribution in [0.3, 0.4) is 0 Å². The van der Waals surface area contributed by atoms with Crippen molar-refractivity contribution in [3.05, 3.63) is 69.3 Å². The highest BCUT2D eigenvalue weighted by atomic mass is 127. The van der Waals surface area contributed by atoms with Crippen LogP contribution in [0.25, 0.3) is 0 Å². The van der Waals surface area contributed by atoms with Gasteiger partial charge in [-0.25, -0.2) is 0 Å². The highest BCUT2D eigenvalue weighted by molar-refractivity contribution is 14.1. The van der Waals surface area contributed by atoms with Gasteiger partial charge in [0.15, 0.2) is 0 Å². The second-order valence-electron chi connectivity index (χ2n) is 5.11. The average molecular weight is 364 g/mol. The van der Waals surface area contributed by atoms with Crippen LogP contribution in [0.15, 0.2) is 54.6 Å². The van der Waals surface area contributed by atoms with Gasteiger partial charge < -0.3 is 0 Å². The molecule has 2 aromatic carbocycles. The topological polar surface area (TPSA) is 38.0 Å². The average Bonchev–Trinajstić information content (AvgIpc) is 3.23. The highest BCUT2D eigenvalue weighted by Gasteiger charge is 2.43. The quantitative estimate of drug-likeness (QED) is 0.494. The lowest BCUT2D eigenvalue weighted by atomic mass is 9.99. The van der Waals surface area contributed by atoms with Gasteiger partial charge in [-0.15, -0.1) is 0 Å². The van der Waals surface area contributed by atoms with Gasteiger partial charge in [0.25, 0.3) is 0 Å². The Bertz CT molecular complexity index is 538. The summed E-state index contributed by atoms with van der Waals surface area (Å²) < 4.78 is 1.26. The molecule has 0 spiro atoms. The fourth-order valence-corrected chi connectivity index (χ4v) is 3.16. The minimum atomic E-state index is 0.252. The predicted octanol–water partition coefficient (Wildman–Crippen LogP) is 3.60. The van der Waals surface area contributed by atoms with Crippen molar-refractivity contribution >= 4 is 22.6 Å². The van der Waals surface area contributed by atoms with Crippen molar-refractivity contribution in [2.24, 2.45) is 11.8 Å². The van der Waals surface area contributed by atoms with Gasteiger partial charge in [0.05, 0.1) is 0 Å². The lowest BCUT2D eigenvalue weighted by molar-refractivity contribution is 0.487. The normalized spacial score (nSPS) is 23.1. The SMILES string of the molecule is NNC(c1ccc(I)cc1)C1CC1c1ccccc1. The predicted molar refractivity (Wildman–Crippen MR) is 86.5 cm³/mol. The molecule has 2 aromatic rings. The van der Waals surface area contributed by atoms with Crippen molar-refractivity contribution in [3.8, 4) is 0 Å². The van der Waals surface area contributed by atoms with Crippen molar-refractivity contribution in [1.29, 1.82) is 0 Å². The Labute approximate surface area is 127 Å². The second-order valence-corrected chi connectivity index (χ2v) is 6.36. The Kier molecular flexibility index (Phi) is 3.86. The number of rotatable bonds is 4. The van der Waals surface area contributed by atoms with Crippen LogP contribution in [0.4, 0.5) is 0 Å². The summed E-state index contributed by atoms with van der Waals surface area (Å²) in [6.07, 6.45) is 1.21. The van der Waals surface area contributed by atoms with Gasteiger partial charge in [0, 0.05) is 9.61 Å². The van der Waals surface area contributed by atoms with Crippen molar-refractivity contribution in [3.63, 3.8) is 0 Å². The molecule has 0 radical (unpaired) electrons. The first kappa shape index (κ1) is 13.1. The molecule has 98 valence electrons. The lowest BCUT2D eigenvalue weighted by Crippen LogP contribution is -2.29. The Morgan fingerprint density at radius 3 is 2.37 bits per heavy atom. The maximum Gasteiger partial charge on any atom is 0.0494 e. The summed E-state index contributed by atoms with van der Waals surface area (Å²) in [5.74, 6) is 7.02. The van der Waals surface area contributed by atoms with E-state index in [-0.39, 0.29) is 6.04 Å². The van der Waals surface area contributed by atoms with E-state index in [2.05, 4.69) is 82.6 Å². The monoisotopic (exact) mass is 364 g/mol. The second kappa shape index (κ2) is 5.61. The molecule has 1 aliphatic carbocycles. The molecule has 0 saturated heterocycles. The van der Waals surface area contributed by atoms with Crippen LogP contribution in [0, 0.1) is 9.49 Å². The molecular weight excluding hydrogens is 347 g/mol. The fourth-order valence-electron chi connectivity index (χ4n) is 2.80. The smallest absolute Gasteiger partial charge is 0.0494 e. The summed E-state index contributed by atoms with van der Waals surface area (Å²) in [7, 11) is 0. The summed E-state index contributed by atoms with van der Waals surface area (Å²) in [5, 5.41) is 0. The fraction of sp³-hybridized carbons (Fsp3) is 0.250. The van der Waals surface area contributed by atoms with Crippen LogP contribution in [-0.2, 0) is 0 Å². The van der Waals surface area contributed by atoms with Crippen LogP contribution in [-0.4, -0.2) is 0 Å². The Morgan fingerprint density at radius 1 is 1.05 bits per heavy atom. The van der Waals surface area contributed by atoms with E-state index >= 15 is 0 Å². The van der Waals surface area contributed by atoms with Gasteiger partial charge >= 0.3 is 0 Å². The van der Waals surface area contributed by atoms with Gasteiger partial charge in [-0.1, -0.05) is 42.5 Å². The van der Waals surface area contributed by atoms with Crippen LogP contribution in [0.2, 0.25) is 0 Å². The van der Waals surface area contributed by atoms with E-state index in [0.29, 0.717) is 11.8 Å². The third-order valence-electron chi connectivity index (χ3n) is 3.90. The molecule has 3 heteroatoms. The van der Waals surface area contributed by atoms with Gasteiger partial charge in [0.2, 0.25) is 0 Å². The zero-order valence-electron chi connectivity index (χ0n) is 10.6. The van der Waals surface area contributed by atoms with E-state index in [4.69, 9.17) is 5.84 Å². The molecule has 3 unspecified atom stereocenters. The van der Waals surface area contributed by atoms with E-state index in [1.54, 1.807) is 0 Å². The maximum absolute atomic E-state index is 5.77. The maximum atomic E-state index is 5.77. The molecule has 1 fully saturated rings. The third kappa shape index (κ3) is 2.83. The number of hydrogen-bond donors (Lipinski definition) is 2. The number of hydrazine groups is 1. The molecule has 1 aliphatic rings. The Balaban J connectivity index is 1.77. The van der Waals surface area contributed by atoms with Crippen molar-refractivity contribution < 1.29 is 0 Å². The third-order valence-corrected chi connectivity index (χ3v) is 4.62. The number of nitrogens with two attached hydrogens (primary N) is 1. The van der Waals surface area contributed by atoms with Crippen LogP contribution in [0.1, 0.15) is 29.5 Å². The molecule has 1 saturated carbocycles. The molecule has 0 heterocycles. The summed E-state index contributed by atoms with van der Waals surface area (Å²) in [5.41, 5.74) is 5.71. The first-order valence-electron chi connectivity index (χ1n) is 6.56. The van der Waals surface area contributed by atoms with Crippen molar-refractivity contribution in [1.82, 2.24) is 5.43 Å². The molecule has 0 bridgehead atoms. The molecule has 3 atom stereocenters. The summed E-state index contributed by atoms with van der Waals surface area (Å²) in [6, 6.07) is 19.6. The number of benzene rings is 2. The molecule has 2 nitrogen and oxygen atoms in total. The number of halogens is 1. The van der Waals surface area contributed by atoms with E-state index in [9.17, 15) is 0 Å². The van der Waals surface area contributed by atoms with E-state index < -0.39 is 0 Å². The van der Waals surface area contributed by atoms with E-state index in [0.717, 1.165) is 0 Å². The zero-order chi connectivity index (χ0) is 13.2. The molecule has 0 amide bonds. The van der Waals surface area contributed by atoms with Crippen LogP contribution < -0.4 is 11.3 Å². The number of hydrogen-bond acceptors (Lipinski definition) is 2. The molecule has 19 heavy (non-hydrogen) atoms. The minimum Gasteiger partial charge on any atom is -0.271 e. The van der Waals surface area contributed by atoms with E-state index in [1.165, 1.54) is 21.1 Å². The minimum absolute atomic E-state index is 0.252. The van der Waals surface area contributed by atoms with Gasteiger partial charge in [-0.05, 0) is 64.1 Å². The molecule has 0 aromatic heterocycles. The lowest BCUT2D eigenvalue weighted by Gasteiger charge is -2.16. The summed E-state index contributed by atoms with van der Waals surface area (Å²) >= 11 is 2.33.